The van der Waals surface area contributed by atoms with Gasteiger partial charge >= 0.3 is 5.97 Å². The van der Waals surface area contributed by atoms with E-state index in [1.165, 1.54) is 22.5 Å². The van der Waals surface area contributed by atoms with Gasteiger partial charge in [-0.15, -0.1) is 0 Å². The molecule has 0 aliphatic heterocycles. The number of esters is 1. The molecule has 8 nitrogen and oxygen atoms in total. The van der Waals surface area contributed by atoms with Crippen LogP contribution in [-0.4, -0.2) is 50.2 Å². The fraction of sp³-hybridized carbons (Fsp3) is 0.286. The van der Waals surface area contributed by atoms with Gasteiger partial charge in [-0.2, -0.15) is 4.31 Å². The second-order valence-corrected chi connectivity index (χ2v) is 8.30. The van der Waals surface area contributed by atoms with Crippen molar-refractivity contribution in [2.75, 3.05) is 19.7 Å². The molecule has 9 heteroatoms. The highest BCUT2D eigenvalue weighted by molar-refractivity contribution is 7.89. The van der Waals surface area contributed by atoms with Crippen LogP contribution in [0.1, 0.15) is 40.1 Å². The predicted octanol–water partition coefficient (Wildman–Crippen LogP) is 2.14. The van der Waals surface area contributed by atoms with Crippen molar-refractivity contribution in [1.82, 2.24) is 9.62 Å². The van der Waals surface area contributed by atoms with Crippen LogP contribution >= 0.6 is 0 Å². The van der Waals surface area contributed by atoms with Crippen LogP contribution in [0.4, 0.5) is 0 Å². The van der Waals surface area contributed by atoms with Crippen LogP contribution in [0.3, 0.4) is 0 Å². The highest BCUT2D eigenvalue weighted by Crippen LogP contribution is 2.21. The molecule has 0 radical (unpaired) electrons. The van der Waals surface area contributed by atoms with Crippen LogP contribution in [0.15, 0.2) is 53.4 Å². The van der Waals surface area contributed by atoms with Gasteiger partial charge in [0.2, 0.25) is 10.0 Å². The number of imide groups is 1. The molecule has 0 aliphatic rings. The third-order valence-electron chi connectivity index (χ3n) is 4.37. The van der Waals surface area contributed by atoms with Gasteiger partial charge in [0.15, 0.2) is 6.61 Å². The van der Waals surface area contributed by atoms with Crippen molar-refractivity contribution in [3.8, 4) is 0 Å². The minimum absolute atomic E-state index is 0.00403. The second-order valence-electron chi connectivity index (χ2n) is 6.39. The van der Waals surface area contributed by atoms with E-state index in [0.717, 1.165) is 0 Å². The van der Waals surface area contributed by atoms with E-state index in [0.29, 0.717) is 24.2 Å². The van der Waals surface area contributed by atoms with Crippen molar-refractivity contribution in [2.24, 2.45) is 0 Å². The zero-order valence-corrected chi connectivity index (χ0v) is 17.9. The molecule has 2 amide bonds. The number of benzene rings is 2. The lowest BCUT2D eigenvalue weighted by atomic mass is 10.1. The summed E-state index contributed by atoms with van der Waals surface area (Å²) in [6, 6.07) is 12.3. The molecule has 0 atom stereocenters. The maximum absolute atomic E-state index is 12.8. The van der Waals surface area contributed by atoms with E-state index in [-0.39, 0.29) is 10.5 Å². The van der Waals surface area contributed by atoms with Crippen molar-refractivity contribution < 1.29 is 27.5 Å². The second kappa shape index (κ2) is 10.1. The lowest BCUT2D eigenvalue weighted by Gasteiger charge is -2.20. The smallest absolute Gasteiger partial charge is 0.338 e. The molecule has 0 unspecified atom stereocenters. The molecule has 2 aromatic rings. The van der Waals surface area contributed by atoms with Gasteiger partial charge in [0.25, 0.3) is 11.8 Å². The molecule has 1 N–H and O–H groups in total. The Balaban J connectivity index is 2.07. The SMILES string of the molecule is CCN(CC)S(=O)(=O)c1cc(C(=O)OCC(=O)NC(=O)c2ccccc2)ccc1C. The number of hydrogen-bond acceptors (Lipinski definition) is 6. The number of amides is 2. The Kier molecular flexibility index (Phi) is 7.85. The number of nitrogens with one attached hydrogen (secondary N) is 1. The minimum atomic E-state index is -3.76. The molecule has 30 heavy (non-hydrogen) atoms. The molecule has 2 rings (SSSR count). The summed E-state index contributed by atoms with van der Waals surface area (Å²) in [6.45, 7) is 5.00. The summed E-state index contributed by atoms with van der Waals surface area (Å²) in [5.74, 6) is -2.27. The quantitative estimate of drug-likeness (QED) is 0.640. The molecule has 160 valence electrons. The first-order valence-electron chi connectivity index (χ1n) is 9.37. The Morgan fingerprint density at radius 3 is 2.20 bits per heavy atom. The summed E-state index contributed by atoms with van der Waals surface area (Å²) in [5, 5.41) is 2.12. The molecule has 0 spiro atoms. The molecule has 0 aliphatic carbocycles. The summed E-state index contributed by atoms with van der Waals surface area (Å²) in [6.07, 6.45) is 0. The van der Waals surface area contributed by atoms with Crippen molar-refractivity contribution in [3.05, 3.63) is 65.2 Å². The van der Waals surface area contributed by atoms with Crippen LogP contribution in [-0.2, 0) is 19.6 Å². The minimum Gasteiger partial charge on any atom is -0.452 e. The van der Waals surface area contributed by atoms with Crippen LogP contribution in [0.25, 0.3) is 0 Å². The first-order chi connectivity index (χ1) is 14.2. The van der Waals surface area contributed by atoms with Crippen molar-refractivity contribution >= 4 is 27.8 Å². The van der Waals surface area contributed by atoms with Gasteiger partial charge in [-0.05, 0) is 36.8 Å². The number of hydrogen-bond donors (Lipinski definition) is 1. The first-order valence-corrected chi connectivity index (χ1v) is 10.8. The molecule has 2 aromatic carbocycles. The number of sulfonamides is 1. The van der Waals surface area contributed by atoms with E-state index in [1.54, 1.807) is 51.1 Å². The maximum Gasteiger partial charge on any atom is 0.338 e. The molecule has 0 aromatic heterocycles. The highest BCUT2D eigenvalue weighted by Gasteiger charge is 2.25. The van der Waals surface area contributed by atoms with Gasteiger partial charge in [-0.3, -0.25) is 14.9 Å². The van der Waals surface area contributed by atoms with E-state index in [4.69, 9.17) is 4.74 Å². The summed E-state index contributed by atoms with van der Waals surface area (Å²) in [7, 11) is -3.76. The molecular weight excluding hydrogens is 408 g/mol. The number of ether oxygens (including phenoxy) is 1. The number of aryl methyl sites for hydroxylation is 1. The third kappa shape index (κ3) is 5.52. The Labute approximate surface area is 175 Å². The highest BCUT2D eigenvalue weighted by atomic mass is 32.2. The number of rotatable bonds is 8. The summed E-state index contributed by atoms with van der Waals surface area (Å²) in [5.41, 5.74) is 0.778. The van der Waals surface area contributed by atoms with E-state index in [1.807, 2.05) is 0 Å². The molecule has 0 saturated heterocycles. The normalized spacial score (nSPS) is 11.2. The molecule has 0 bridgehead atoms. The van der Waals surface area contributed by atoms with Crippen LogP contribution in [0.2, 0.25) is 0 Å². The number of nitrogens with zero attached hydrogens (tertiary/aromatic N) is 1. The van der Waals surface area contributed by atoms with E-state index in [2.05, 4.69) is 5.32 Å². The summed E-state index contributed by atoms with van der Waals surface area (Å²) >= 11 is 0. The Hall–Kier alpha value is -3.04. The molecule has 0 saturated carbocycles. The topological polar surface area (TPSA) is 110 Å². The monoisotopic (exact) mass is 432 g/mol. The standard InChI is InChI=1S/C21H24N2O6S/c1-4-23(5-2)30(27,28)18-13-17(12-11-15(18)3)21(26)29-14-19(24)22-20(25)16-9-7-6-8-10-16/h6-13H,4-5,14H2,1-3H3,(H,22,24,25). The predicted molar refractivity (Wildman–Crippen MR) is 110 cm³/mol. The van der Waals surface area contributed by atoms with Crippen molar-refractivity contribution in [1.29, 1.82) is 0 Å². The van der Waals surface area contributed by atoms with Crippen molar-refractivity contribution in [3.63, 3.8) is 0 Å². The lowest BCUT2D eigenvalue weighted by molar-refractivity contribution is -0.123. The third-order valence-corrected chi connectivity index (χ3v) is 6.56. The van der Waals surface area contributed by atoms with Gasteiger partial charge in [-0.25, -0.2) is 13.2 Å². The van der Waals surface area contributed by atoms with Gasteiger partial charge < -0.3 is 4.74 Å². The molecule has 0 fully saturated rings. The largest absolute Gasteiger partial charge is 0.452 e. The summed E-state index contributed by atoms with van der Waals surface area (Å²) < 4.78 is 31.8. The van der Waals surface area contributed by atoms with Crippen LogP contribution < -0.4 is 5.32 Å². The van der Waals surface area contributed by atoms with E-state index < -0.39 is 34.4 Å². The van der Waals surface area contributed by atoms with Gasteiger partial charge in [0.05, 0.1) is 10.5 Å². The molecular formula is C21H24N2O6S. The fourth-order valence-corrected chi connectivity index (χ4v) is 4.46. The number of carbonyl (C=O) groups is 3. The van der Waals surface area contributed by atoms with E-state index >= 15 is 0 Å². The van der Waals surface area contributed by atoms with Gasteiger partial charge in [0, 0.05) is 18.7 Å². The Bertz CT molecular complexity index is 1030. The zero-order chi connectivity index (χ0) is 22.3. The first kappa shape index (κ1) is 23.2. The Morgan fingerprint density at radius 2 is 1.60 bits per heavy atom. The lowest BCUT2D eigenvalue weighted by Crippen LogP contribution is -2.34. The number of carbonyl (C=O) groups excluding carboxylic acids is 3. The zero-order valence-electron chi connectivity index (χ0n) is 17.0. The van der Waals surface area contributed by atoms with Crippen molar-refractivity contribution in [2.45, 2.75) is 25.7 Å². The van der Waals surface area contributed by atoms with Gasteiger partial charge in [0.1, 0.15) is 0 Å². The van der Waals surface area contributed by atoms with Gasteiger partial charge in [-0.1, -0.05) is 38.1 Å². The fourth-order valence-electron chi connectivity index (χ4n) is 2.75. The van der Waals surface area contributed by atoms with Crippen LogP contribution in [0.5, 0.6) is 0 Å². The molecule has 0 heterocycles. The average molecular weight is 432 g/mol. The Morgan fingerprint density at radius 1 is 0.967 bits per heavy atom. The van der Waals surface area contributed by atoms with Crippen LogP contribution in [0, 0.1) is 6.92 Å². The average Bonchev–Trinajstić information content (AvgIpc) is 2.73. The van der Waals surface area contributed by atoms with E-state index in [9.17, 15) is 22.8 Å². The maximum atomic E-state index is 12.8. The summed E-state index contributed by atoms with van der Waals surface area (Å²) in [4.78, 5) is 36.2.